The number of carbonyl (C=O) groups excluding carboxylic acids is 2. The molecule has 0 aromatic heterocycles. The number of hydrogen-bond donors (Lipinski definition) is 0. The van der Waals surface area contributed by atoms with Crippen LogP contribution >= 0.6 is 11.6 Å². The second-order valence-corrected chi connectivity index (χ2v) is 8.21. The minimum absolute atomic E-state index is 0.0679. The van der Waals surface area contributed by atoms with Gasteiger partial charge < -0.3 is 19.3 Å². The second-order valence-electron chi connectivity index (χ2n) is 7.80. The lowest BCUT2D eigenvalue weighted by Crippen LogP contribution is -2.38. The van der Waals surface area contributed by atoms with Gasteiger partial charge in [-0.3, -0.25) is 0 Å². The summed E-state index contributed by atoms with van der Waals surface area (Å²) in [6, 6.07) is 5.65. The van der Waals surface area contributed by atoms with Crippen molar-refractivity contribution in [2.45, 2.75) is 20.3 Å². The Labute approximate surface area is 182 Å². The molecule has 0 bridgehead atoms. The summed E-state index contributed by atoms with van der Waals surface area (Å²) in [5.41, 5.74) is 1.78. The molecule has 160 valence electrons. The molecule has 2 heterocycles. The molecule has 0 radical (unpaired) electrons. The van der Waals surface area contributed by atoms with Crippen molar-refractivity contribution in [3.63, 3.8) is 0 Å². The molecule has 1 fully saturated rings. The zero-order chi connectivity index (χ0) is 21.8. The average Bonchev–Trinajstić information content (AvgIpc) is 2.94. The van der Waals surface area contributed by atoms with Crippen LogP contribution in [0.2, 0.25) is 5.02 Å². The third kappa shape index (κ3) is 4.54. The van der Waals surface area contributed by atoms with Crippen molar-refractivity contribution in [1.29, 1.82) is 0 Å². The standard InChI is InChI=1S/C23H27ClN2O4/c1-15-11-16(2)14-25(13-15)20-9-8-17(12-19(20)24)26-10-6-5-7-18(22(27)29-3)21(26)23(28)30-4/h5-10,12,15-16H,11,13-14H2,1-4H3. The summed E-state index contributed by atoms with van der Waals surface area (Å²) >= 11 is 6.67. The molecule has 2 atom stereocenters. The van der Waals surface area contributed by atoms with Crippen molar-refractivity contribution < 1.29 is 19.1 Å². The van der Waals surface area contributed by atoms with Gasteiger partial charge in [0.15, 0.2) is 0 Å². The smallest absolute Gasteiger partial charge is 0.355 e. The van der Waals surface area contributed by atoms with E-state index >= 15 is 0 Å². The van der Waals surface area contributed by atoms with E-state index in [1.165, 1.54) is 26.7 Å². The lowest BCUT2D eigenvalue weighted by atomic mass is 9.91. The van der Waals surface area contributed by atoms with Crippen LogP contribution in [0.25, 0.3) is 0 Å². The summed E-state index contributed by atoms with van der Waals surface area (Å²) in [6.45, 7) is 6.41. The first-order valence-corrected chi connectivity index (χ1v) is 10.3. The Morgan fingerprint density at radius 1 is 1.03 bits per heavy atom. The van der Waals surface area contributed by atoms with Crippen molar-refractivity contribution in [3.8, 4) is 0 Å². The number of ether oxygens (including phenoxy) is 2. The number of hydrogen-bond acceptors (Lipinski definition) is 6. The molecule has 1 aromatic rings. The van der Waals surface area contributed by atoms with Gasteiger partial charge in [-0.1, -0.05) is 31.5 Å². The van der Waals surface area contributed by atoms with Crippen LogP contribution < -0.4 is 9.80 Å². The highest BCUT2D eigenvalue weighted by molar-refractivity contribution is 6.33. The van der Waals surface area contributed by atoms with Gasteiger partial charge >= 0.3 is 11.9 Å². The zero-order valence-corrected chi connectivity index (χ0v) is 18.5. The van der Waals surface area contributed by atoms with Crippen molar-refractivity contribution >= 4 is 34.9 Å². The van der Waals surface area contributed by atoms with Crippen LogP contribution in [0.5, 0.6) is 0 Å². The monoisotopic (exact) mass is 430 g/mol. The predicted octanol–water partition coefficient (Wildman–Crippen LogP) is 4.31. The maximum atomic E-state index is 12.6. The molecular weight excluding hydrogens is 404 g/mol. The quantitative estimate of drug-likeness (QED) is 0.663. The van der Waals surface area contributed by atoms with Gasteiger partial charge in [0, 0.05) is 25.0 Å². The van der Waals surface area contributed by atoms with Crippen LogP contribution in [0, 0.1) is 11.8 Å². The van der Waals surface area contributed by atoms with Crippen LogP contribution in [0.1, 0.15) is 20.3 Å². The molecular formula is C23H27ClN2O4. The highest BCUT2D eigenvalue weighted by Gasteiger charge is 2.28. The molecule has 2 unspecified atom stereocenters. The van der Waals surface area contributed by atoms with E-state index in [2.05, 4.69) is 18.7 Å². The Morgan fingerprint density at radius 3 is 2.30 bits per heavy atom. The second kappa shape index (κ2) is 9.39. The first-order chi connectivity index (χ1) is 14.3. The number of carbonyl (C=O) groups is 2. The van der Waals surface area contributed by atoms with Gasteiger partial charge in [-0.05, 0) is 48.6 Å². The molecule has 1 saturated heterocycles. The fourth-order valence-electron chi connectivity index (χ4n) is 4.13. The molecule has 0 N–H and O–H groups in total. The van der Waals surface area contributed by atoms with Crippen LogP contribution in [0.4, 0.5) is 11.4 Å². The Balaban J connectivity index is 2.02. The SMILES string of the molecule is COC(=O)C1=C(C(=O)OC)N(c2ccc(N3CC(C)CC(C)C3)c(Cl)c2)C=CC=C1. The van der Waals surface area contributed by atoms with Crippen molar-refractivity contribution in [2.75, 3.05) is 37.1 Å². The van der Waals surface area contributed by atoms with E-state index in [1.54, 1.807) is 29.3 Å². The number of allylic oxidation sites excluding steroid dienone is 2. The van der Waals surface area contributed by atoms with Gasteiger partial charge in [-0.25, -0.2) is 9.59 Å². The van der Waals surface area contributed by atoms with E-state index in [1.807, 2.05) is 12.1 Å². The minimum Gasteiger partial charge on any atom is -0.465 e. The van der Waals surface area contributed by atoms with Gasteiger partial charge in [0.1, 0.15) is 5.70 Å². The molecule has 0 saturated carbocycles. The number of esters is 2. The van der Waals surface area contributed by atoms with Crippen molar-refractivity contribution in [2.24, 2.45) is 11.8 Å². The van der Waals surface area contributed by atoms with E-state index in [-0.39, 0.29) is 11.3 Å². The molecule has 30 heavy (non-hydrogen) atoms. The first kappa shape index (κ1) is 22.0. The number of rotatable bonds is 4. The first-order valence-electron chi connectivity index (χ1n) is 9.95. The summed E-state index contributed by atoms with van der Waals surface area (Å²) in [7, 11) is 2.54. The molecule has 3 rings (SSSR count). The third-order valence-corrected chi connectivity index (χ3v) is 5.61. The Kier molecular flexibility index (Phi) is 6.87. The van der Waals surface area contributed by atoms with E-state index in [0.717, 1.165) is 18.8 Å². The lowest BCUT2D eigenvalue weighted by molar-refractivity contribution is -0.139. The summed E-state index contributed by atoms with van der Waals surface area (Å²) in [6.07, 6.45) is 7.83. The van der Waals surface area contributed by atoms with Gasteiger partial charge in [0.05, 0.1) is 30.5 Å². The van der Waals surface area contributed by atoms with Crippen LogP contribution in [-0.2, 0) is 19.1 Å². The Hall–Kier alpha value is -2.73. The fraction of sp³-hybridized carbons (Fsp3) is 0.391. The number of anilines is 2. The summed E-state index contributed by atoms with van der Waals surface area (Å²) in [5, 5.41) is 0.586. The normalized spacial score (nSPS) is 21.5. The molecule has 7 heteroatoms. The maximum absolute atomic E-state index is 12.6. The van der Waals surface area contributed by atoms with Gasteiger partial charge in [0.25, 0.3) is 0 Å². The largest absolute Gasteiger partial charge is 0.465 e. The topological polar surface area (TPSA) is 59.1 Å². The van der Waals surface area contributed by atoms with Gasteiger partial charge in [-0.15, -0.1) is 0 Å². The number of benzene rings is 1. The highest BCUT2D eigenvalue weighted by Crippen LogP contribution is 2.36. The molecule has 0 amide bonds. The number of nitrogens with zero attached hydrogens (tertiary/aromatic N) is 2. The van der Waals surface area contributed by atoms with Crippen molar-refractivity contribution in [1.82, 2.24) is 0 Å². The molecule has 1 aromatic carbocycles. The van der Waals surface area contributed by atoms with Crippen molar-refractivity contribution in [3.05, 3.63) is 58.9 Å². The van der Waals surface area contributed by atoms with Crippen LogP contribution in [0.3, 0.4) is 0 Å². The number of methoxy groups -OCH3 is 2. The van der Waals surface area contributed by atoms with E-state index in [9.17, 15) is 9.59 Å². The third-order valence-electron chi connectivity index (χ3n) is 5.31. The molecule has 2 aliphatic rings. The summed E-state index contributed by atoms with van der Waals surface area (Å²) < 4.78 is 9.79. The van der Waals surface area contributed by atoms with E-state index in [4.69, 9.17) is 21.1 Å². The summed E-state index contributed by atoms with van der Waals surface area (Å²) in [4.78, 5) is 28.8. The maximum Gasteiger partial charge on any atom is 0.355 e. The fourth-order valence-corrected chi connectivity index (χ4v) is 4.42. The molecule has 0 aliphatic carbocycles. The minimum atomic E-state index is -0.648. The van der Waals surface area contributed by atoms with E-state index in [0.29, 0.717) is 22.5 Å². The van der Waals surface area contributed by atoms with Crippen LogP contribution in [-0.4, -0.2) is 39.2 Å². The molecule has 6 nitrogen and oxygen atoms in total. The molecule has 2 aliphatic heterocycles. The average molecular weight is 431 g/mol. The Bertz CT molecular complexity index is 912. The predicted molar refractivity (Wildman–Crippen MR) is 118 cm³/mol. The van der Waals surface area contributed by atoms with E-state index < -0.39 is 11.9 Å². The highest BCUT2D eigenvalue weighted by atomic mass is 35.5. The number of halogens is 1. The zero-order valence-electron chi connectivity index (χ0n) is 17.7. The molecule has 0 spiro atoms. The van der Waals surface area contributed by atoms with Crippen LogP contribution in [0.15, 0.2) is 53.9 Å². The van der Waals surface area contributed by atoms with Gasteiger partial charge in [-0.2, -0.15) is 0 Å². The summed E-state index contributed by atoms with van der Waals surface area (Å²) in [5.74, 6) is -0.0778. The lowest BCUT2D eigenvalue weighted by Gasteiger charge is -2.37. The Morgan fingerprint density at radius 2 is 1.70 bits per heavy atom. The number of piperidine rings is 1. The van der Waals surface area contributed by atoms with Gasteiger partial charge in [0.2, 0.25) is 0 Å².